The van der Waals surface area contributed by atoms with Gasteiger partial charge in [-0.25, -0.2) is 23.4 Å². The van der Waals surface area contributed by atoms with Crippen molar-refractivity contribution in [3.8, 4) is 11.1 Å². The fourth-order valence-corrected chi connectivity index (χ4v) is 3.44. The van der Waals surface area contributed by atoms with E-state index in [1.807, 2.05) is 0 Å². The van der Waals surface area contributed by atoms with Crippen molar-refractivity contribution in [2.75, 3.05) is 4.90 Å². The normalized spacial score (nSPS) is 11.3. The zero-order valence-electron chi connectivity index (χ0n) is 18.9. The van der Waals surface area contributed by atoms with Crippen LogP contribution in [0.5, 0.6) is 0 Å². The molecule has 0 radical (unpaired) electrons. The van der Waals surface area contributed by atoms with Gasteiger partial charge < -0.3 is 9.84 Å². The summed E-state index contributed by atoms with van der Waals surface area (Å²) in [4.78, 5) is 32.1. The van der Waals surface area contributed by atoms with E-state index < -0.39 is 35.2 Å². The second-order valence-corrected chi connectivity index (χ2v) is 8.86. The summed E-state index contributed by atoms with van der Waals surface area (Å²) < 4.78 is 35.0. The summed E-state index contributed by atoms with van der Waals surface area (Å²) in [5.74, 6) is -2.31. The first-order valence-electron chi connectivity index (χ1n) is 10.2. The van der Waals surface area contributed by atoms with Gasteiger partial charge >= 0.3 is 12.2 Å². The molecule has 10 heteroatoms. The predicted molar refractivity (Wildman–Crippen MR) is 123 cm³/mol. The Balaban J connectivity index is 2.01. The molecule has 0 aliphatic carbocycles. The van der Waals surface area contributed by atoms with Crippen LogP contribution >= 0.6 is 11.6 Å². The van der Waals surface area contributed by atoms with Crippen molar-refractivity contribution >= 4 is 29.6 Å². The third-order valence-electron chi connectivity index (χ3n) is 4.87. The molecule has 3 rings (SSSR count). The van der Waals surface area contributed by atoms with Crippen LogP contribution in [0.2, 0.25) is 5.02 Å². The van der Waals surface area contributed by atoms with E-state index in [4.69, 9.17) is 16.3 Å². The number of hydrogen-bond acceptors (Lipinski definition) is 5. The molecule has 7 nitrogen and oxygen atoms in total. The highest BCUT2D eigenvalue weighted by atomic mass is 35.5. The standard InChI is InChI=1S/C24H22ClF2N3O4/c1-13-15(11-28-12-17(13)16-6-5-7-18(25)20(16)27)10-14-8-9-29-21(19(14)26)30(22(31)32)23(33)34-24(2,3)4/h5-9,11-12H,10H2,1-4H3,(H,31,32). The van der Waals surface area contributed by atoms with Crippen LogP contribution in [0.25, 0.3) is 11.1 Å². The average molecular weight is 490 g/mol. The summed E-state index contributed by atoms with van der Waals surface area (Å²) in [5.41, 5.74) is 0.986. The molecule has 0 aliphatic heterocycles. The van der Waals surface area contributed by atoms with Crippen molar-refractivity contribution < 1.29 is 28.2 Å². The topological polar surface area (TPSA) is 92.6 Å². The van der Waals surface area contributed by atoms with Gasteiger partial charge in [-0.3, -0.25) is 4.98 Å². The second-order valence-electron chi connectivity index (χ2n) is 8.46. The van der Waals surface area contributed by atoms with E-state index in [0.29, 0.717) is 16.7 Å². The van der Waals surface area contributed by atoms with Gasteiger partial charge in [0.05, 0.1) is 5.02 Å². The molecule has 0 bridgehead atoms. The van der Waals surface area contributed by atoms with Crippen molar-refractivity contribution in [3.63, 3.8) is 0 Å². The zero-order valence-corrected chi connectivity index (χ0v) is 19.7. The molecule has 2 aromatic heterocycles. The zero-order chi connectivity index (χ0) is 25.2. The van der Waals surface area contributed by atoms with Gasteiger partial charge in [-0.1, -0.05) is 23.7 Å². The highest BCUT2D eigenvalue weighted by Crippen LogP contribution is 2.32. The number of hydrogen-bond donors (Lipinski definition) is 1. The predicted octanol–water partition coefficient (Wildman–Crippen LogP) is 6.39. The number of carbonyl (C=O) groups is 2. The summed E-state index contributed by atoms with van der Waals surface area (Å²) in [7, 11) is 0. The molecule has 0 saturated carbocycles. The monoisotopic (exact) mass is 489 g/mol. The third kappa shape index (κ3) is 5.31. The molecule has 0 aliphatic rings. The molecule has 178 valence electrons. The Morgan fingerprint density at radius 2 is 1.79 bits per heavy atom. The second kappa shape index (κ2) is 9.72. The Bertz CT molecular complexity index is 1260. The van der Waals surface area contributed by atoms with Crippen LogP contribution in [0.3, 0.4) is 0 Å². The molecule has 0 fully saturated rings. The van der Waals surface area contributed by atoms with E-state index >= 15 is 4.39 Å². The van der Waals surface area contributed by atoms with Crippen LogP contribution in [-0.2, 0) is 11.2 Å². The number of imide groups is 1. The molecular formula is C24H22ClF2N3O4. The third-order valence-corrected chi connectivity index (χ3v) is 5.16. The molecule has 0 saturated heterocycles. The van der Waals surface area contributed by atoms with Crippen LogP contribution in [0, 0.1) is 18.6 Å². The lowest BCUT2D eigenvalue weighted by molar-refractivity contribution is 0.0579. The molecule has 34 heavy (non-hydrogen) atoms. The van der Waals surface area contributed by atoms with E-state index in [0.717, 1.165) is 0 Å². The van der Waals surface area contributed by atoms with Gasteiger partial charge in [0.2, 0.25) is 0 Å². The van der Waals surface area contributed by atoms with Gasteiger partial charge in [0.25, 0.3) is 0 Å². The maximum absolute atomic E-state index is 15.4. The number of anilines is 1. The molecule has 2 amide bonds. The van der Waals surface area contributed by atoms with Crippen LogP contribution < -0.4 is 4.90 Å². The minimum Gasteiger partial charge on any atom is -0.464 e. The number of ether oxygens (including phenoxy) is 1. The Labute approximate surface area is 200 Å². The molecule has 0 unspecified atom stereocenters. The van der Waals surface area contributed by atoms with Gasteiger partial charge in [0.15, 0.2) is 11.6 Å². The Kier molecular flexibility index (Phi) is 7.16. The SMILES string of the molecule is Cc1c(Cc2ccnc(N(C(=O)O)C(=O)OC(C)(C)C)c2F)cncc1-c1cccc(Cl)c1F. The highest BCUT2D eigenvalue weighted by Gasteiger charge is 2.32. The van der Waals surface area contributed by atoms with Crippen molar-refractivity contribution in [3.05, 3.63) is 76.2 Å². The Hall–Kier alpha value is -3.59. The first kappa shape index (κ1) is 25.0. The molecule has 0 atom stereocenters. The molecule has 1 N–H and O–H groups in total. The number of pyridine rings is 2. The lowest BCUT2D eigenvalue weighted by atomic mass is 9.95. The number of amides is 2. The average Bonchev–Trinajstić information content (AvgIpc) is 2.73. The Morgan fingerprint density at radius 3 is 2.44 bits per heavy atom. The van der Waals surface area contributed by atoms with E-state index in [1.165, 1.54) is 30.7 Å². The fourth-order valence-electron chi connectivity index (χ4n) is 3.26. The van der Waals surface area contributed by atoms with E-state index in [1.54, 1.807) is 39.8 Å². The summed E-state index contributed by atoms with van der Waals surface area (Å²) in [6.45, 7) is 6.39. The number of nitrogens with zero attached hydrogens (tertiary/aromatic N) is 3. The minimum atomic E-state index is -1.74. The smallest absolute Gasteiger partial charge is 0.425 e. The summed E-state index contributed by atoms with van der Waals surface area (Å²) in [6.07, 6.45) is 1.14. The Morgan fingerprint density at radius 1 is 1.09 bits per heavy atom. The molecule has 2 heterocycles. The quantitative estimate of drug-likeness (QED) is 0.456. The van der Waals surface area contributed by atoms with Crippen molar-refractivity contribution in [1.29, 1.82) is 0 Å². The number of carbonyl (C=O) groups excluding carboxylic acids is 1. The number of carboxylic acid groups (broad SMARTS) is 1. The van der Waals surface area contributed by atoms with Crippen molar-refractivity contribution in [2.24, 2.45) is 0 Å². The maximum Gasteiger partial charge on any atom is 0.425 e. The molecule has 3 aromatic rings. The van der Waals surface area contributed by atoms with E-state index in [-0.39, 0.29) is 27.5 Å². The minimum absolute atomic E-state index is 0.0159. The number of benzene rings is 1. The van der Waals surface area contributed by atoms with Crippen LogP contribution in [0.4, 0.5) is 24.2 Å². The summed E-state index contributed by atoms with van der Waals surface area (Å²) >= 11 is 5.90. The maximum atomic E-state index is 15.4. The van der Waals surface area contributed by atoms with Crippen molar-refractivity contribution in [1.82, 2.24) is 9.97 Å². The van der Waals surface area contributed by atoms with Crippen molar-refractivity contribution in [2.45, 2.75) is 39.7 Å². The summed E-state index contributed by atoms with van der Waals surface area (Å²) in [6, 6.07) is 5.96. The van der Waals surface area contributed by atoms with Gasteiger partial charge in [0.1, 0.15) is 11.4 Å². The summed E-state index contributed by atoms with van der Waals surface area (Å²) in [5, 5.41) is 9.48. The lowest BCUT2D eigenvalue weighted by Crippen LogP contribution is -2.41. The first-order valence-corrected chi connectivity index (χ1v) is 10.6. The number of aromatic nitrogens is 2. The van der Waals surface area contributed by atoms with Gasteiger partial charge in [-0.15, -0.1) is 0 Å². The number of rotatable bonds is 4. The molecule has 1 aromatic carbocycles. The molecule has 0 spiro atoms. The first-order chi connectivity index (χ1) is 15.9. The van der Waals surface area contributed by atoms with Crippen LogP contribution in [-0.4, -0.2) is 32.9 Å². The fraction of sp³-hybridized carbons (Fsp3) is 0.250. The largest absolute Gasteiger partial charge is 0.464 e. The van der Waals surface area contributed by atoms with Crippen LogP contribution in [0.1, 0.15) is 37.5 Å². The van der Waals surface area contributed by atoms with Gasteiger partial charge in [0, 0.05) is 36.1 Å². The lowest BCUT2D eigenvalue weighted by Gasteiger charge is -2.24. The van der Waals surface area contributed by atoms with Crippen LogP contribution in [0.15, 0.2) is 42.9 Å². The van der Waals surface area contributed by atoms with Gasteiger partial charge in [-0.05, 0) is 56.5 Å². The highest BCUT2D eigenvalue weighted by molar-refractivity contribution is 6.31. The molecular weight excluding hydrogens is 468 g/mol. The number of halogens is 3. The van der Waals surface area contributed by atoms with E-state index in [2.05, 4.69) is 9.97 Å². The van der Waals surface area contributed by atoms with E-state index in [9.17, 15) is 19.1 Å². The van der Waals surface area contributed by atoms with Gasteiger partial charge in [-0.2, -0.15) is 4.90 Å².